The molecule has 0 bridgehead atoms. The fourth-order valence-electron chi connectivity index (χ4n) is 5.00. The highest BCUT2D eigenvalue weighted by atomic mass is 19.4. The first-order chi connectivity index (χ1) is 20.6. The molecule has 2 N–H and O–H groups in total. The first-order valence-electron chi connectivity index (χ1n) is 13.8. The number of ether oxygens (including phenoxy) is 2. The van der Waals surface area contributed by atoms with E-state index in [-0.39, 0.29) is 23.8 Å². The number of halogens is 3. The number of aryl methyl sites for hydroxylation is 1. The average Bonchev–Trinajstić information content (AvgIpc) is 2.98. The van der Waals surface area contributed by atoms with Crippen LogP contribution >= 0.6 is 0 Å². The van der Waals surface area contributed by atoms with Crippen LogP contribution in [0.4, 0.5) is 29.3 Å². The van der Waals surface area contributed by atoms with Gasteiger partial charge < -0.3 is 25.0 Å². The molecule has 0 atom stereocenters. The molecule has 222 valence electrons. The van der Waals surface area contributed by atoms with E-state index < -0.39 is 6.36 Å². The van der Waals surface area contributed by atoms with Crippen LogP contribution in [0.15, 0.2) is 97.1 Å². The zero-order valence-corrected chi connectivity index (χ0v) is 23.4. The molecule has 1 fully saturated rings. The van der Waals surface area contributed by atoms with E-state index in [4.69, 9.17) is 4.74 Å². The molecule has 10 heteroatoms. The largest absolute Gasteiger partial charge is 0.573 e. The van der Waals surface area contributed by atoms with Crippen molar-refractivity contribution in [3.05, 3.63) is 108 Å². The summed E-state index contributed by atoms with van der Waals surface area (Å²) in [4.78, 5) is 27.7. The maximum absolute atomic E-state index is 13.4. The molecule has 0 saturated carbocycles. The minimum absolute atomic E-state index is 0.0839. The Hall–Kier alpha value is -4.99. The van der Waals surface area contributed by atoms with Gasteiger partial charge >= 0.3 is 12.4 Å². The van der Waals surface area contributed by atoms with E-state index in [1.165, 1.54) is 24.3 Å². The molecular weight excluding hydrogens is 559 g/mol. The van der Waals surface area contributed by atoms with Crippen molar-refractivity contribution in [2.24, 2.45) is 0 Å². The highest BCUT2D eigenvalue weighted by molar-refractivity contribution is 6.09. The zero-order chi connectivity index (χ0) is 30.4. The summed E-state index contributed by atoms with van der Waals surface area (Å²) in [5.41, 5.74) is 3.63. The molecule has 0 aromatic heterocycles. The number of hydrogen-bond donors (Lipinski definition) is 2. The number of benzene rings is 4. The van der Waals surface area contributed by atoms with Crippen LogP contribution in [0.2, 0.25) is 0 Å². The van der Waals surface area contributed by atoms with Crippen LogP contribution in [0.5, 0.6) is 11.5 Å². The fourth-order valence-corrected chi connectivity index (χ4v) is 5.00. The van der Waals surface area contributed by atoms with Crippen LogP contribution in [0.25, 0.3) is 11.1 Å². The number of anilines is 2. The van der Waals surface area contributed by atoms with Crippen LogP contribution in [0.1, 0.15) is 28.8 Å². The van der Waals surface area contributed by atoms with Crippen molar-refractivity contribution in [3.63, 3.8) is 0 Å². The van der Waals surface area contributed by atoms with Crippen molar-refractivity contribution in [2.45, 2.75) is 32.2 Å². The minimum atomic E-state index is -4.79. The highest BCUT2D eigenvalue weighted by Crippen LogP contribution is 2.32. The lowest BCUT2D eigenvalue weighted by atomic mass is 9.94. The van der Waals surface area contributed by atoms with Gasteiger partial charge in [-0.3, -0.25) is 4.79 Å². The Balaban J connectivity index is 1.21. The summed E-state index contributed by atoms with van der Waals surface area (Å²) in [5.74, 6) is -0.118. The number of urea groups is 1. The highest BCUT2D eigenvalue weighted by Gasteiger charge is 2.31. The van der Waals surface area contributed by atoms with Crippen LogP contribution in [0, 0.1) is 6.92 Å². The Kier molecular flexibility index (Phi) is 8.85. The second kappa shape index (κ2) is 12.9. The maximum atomic E-state index is 13.4. The van der Waals surface area contributed by atoms with Crippen molar-refractivity contribution >= 4 is 23.3 Å². The zero-order valence-electron chi connectivity index (χ0n) is 23.4. The van der Waals surface area contributed by atoms with E-state index in [9.17, 15) is 22.8 Å². The number of carbonyl (C=O) groups is 2. The summed E-state index contributed by atoms with van der Waals surface area (Å²) in [6.45, 7) is 2.94. The molecular formula is C33H30F3N3O4. The normalized spacial score (nSPS) is 13.7. The van der Waals surface area contributed by atoms with E-state index >= 15 is 0 Å². The molecule has 1 saturated heterocycles. The van der Waals surface area contributed by atoms with Gasteiger partial charge in [0, 0.05) is 48.9 Å². The Labute approximate surface area is 247 Å². The number of likely N-dealkylation sites (tertiary alicyclic amines) is 1. The average molecular weight is 590 g/mol. The Bertz CT molecular complexity index is 1570. The molecule has 0 unspecified atom stereocenters. The molecule has 4 aromatic carbocycles. The Morgan fingerprint density at radius 2 is 1.47 bits per heavy atom. The van der Waals surface area contributed by atoms with Crippen molar-refractivity contribution in [3.8, 4) is 22.6 Å². The smallest absolute Gasteiger partial charge is 0.490 e. The second-order valence-electron chi connectivity index (χ2n) is 10.2. The molecule has 43 heavy (non-hydrogen) atoms. The van der Waals surface area contributed by atoms with Gasteiger partial charge in [0.2, 0.25) is 0 Å². The van der Waals surface area contributed by atoms with Crippen molar-refractivity contribution in [1.29, 1.82) is 0 Å². The third kappa shape index (κ3) is 7.85. The quantitative estimate of drug-likeness (QED) is 0.230. The van der Waals surface area contributed by atoms with Crippen LogP contribution in [-0.2, 0) is 0 Å². The van der Waals surface area contributed by atoms with Gasteiger partial charge in [0.05, 0.1) is 0 Å². The van der Waals surface area contributed by atoms with Crippen molar-refractivity contribution < 1.29 is 32.2 Å². The lowest BCUT2D eigenvalue weighted by Gasteiger charge is -2.32. The van der Waals surface area contributed by atoms with Gasteiger partial charge in [-0.1, -0.05) is 48.5 Å². The first kappa shape index (κ1) is 29.5. The third-order valence-corrected chi connectivity index (χ3v) is 7.04. The number of hydrogen-bond acceptors (Lipinski definition) is 4. The van der Waals surface area contributed by atoms with Crippen LogP contribution in [-0.4, -0.2) is 42.4 Å². The van der Waals surface area contributed by atoms with E-state index in [2.05, 4.69) is 15.4 Å². The number of carbonyl (C=O) groups excluding carboxylic acids is 2. The molecule has 5 rings (SSSR count). The topological polar surface area (TPSA) is 79.9 Å². The SMILES string of the molecule is Cc1cccc(C(=O)Nc2cccc(OC3CCN(C(=O)Nc4ccccc4)CC3)c2)c1-c1ccc(OC(F)(F)F)cc1. The van der Waals surface area contributed by atoms with E-state index in [1.54, 1.807) is 35.2 Å². The lowest BCUT2D eigenvalue weighted by molar-refractivity contribution is -0.274. The molecule has 4 aromatic rings. The first-order valence-corrected chi connectivity index (χ1v) is 13.8. The van der Waals surface area contributed by atoms with Gasteiger partial charge in [-0.15, -0.1) is 13.2 Å². The minimum Gasteiger partial charge on any atom is -0.490 e. The van der Waals surface area contributed by atoms with Gasteiger partial charge in [-0.25, -0.2) is 4.79 Å². The third-order valence-electron chi connectivity index (χ3n) is 7.04. The Morgan fingerprint density at radius 3 is 2.16 bits per heavy atom. The second-order valence-corrected chi connectivity index (χ2v) is 10.2. The van der Waals surface area contributed by atoms with Gasteiger partial charge in [0.1, 0.15) is 17.6 Å². The molecule has 1 aliphatic rings. The van der Waals surface area contributed by atoms with Gasteiger partial charge in [0.25, 0.3) is 5.91 Å². The summed E-state index contributed by atoms with van der Waals surface area (Å²) in [7, 11) is 0. The van der Waals surface area contributed by atoms with Crippen molar-refractivity contribution in [1.82, 2.24) is 4.90 Å². The number of alkyl halides is 3. The maximum Gasteiger partial charge on any atom is 0.573 e. The predicted molar refractivity (Wildman–Crippen MR) is 158 cm³/mol. The molecule has 3 amide bonds. The number of amides is 3. The molecule has 0 spiro atoms. The van der Waals surface area contributed by atoms with Gasteiger partial charge in [-0.05, 0) is 66.1 Å². The monoisotopic (exact) mass is 589 g/mol. The molecule has 0 radical (unpaired) electrons. The van der Waals surface area contributed by atoms with E-state index in [0.717, 1.165) is 11.3 Å². The molecule has 7 nitrogen and oxygen atoms in total. The Morgan fingerprint density at radius 1 is 0.791 bits per heavy atom. The fraction of sp³-hybridized carbons (Fsp3) is 0.212. The van der Waals surface area contributed by atoms with Gasteiger partial charge in [0.15, 0.2) is 0 Å². The number of nitrogens with zero attached hydrogens (tertiary/aromatic N) is 1. The molecule has 0 aliphatic carbocycles. The van der Waals surface area contributed by atoms with Crippen molar-refractivity contribution in [2.75, 3.05) is 23.7 Å². The number of rotatable bonds is 7. The summed E-state index contributed by atoms with van der Waals surface area (Å²) in [5, 5.41) is 5.81. The molecule has 1 heterocycles. The lowest BCUT2D eigenvalue weighted by Crippen LogP contribution is -2.43. The van der Waals surface area contributed by atoms with Crippen LogP contribution in [0.3, 0.4) is 0 Å². The van der Waals surface area contributed by atoms with E-state index in [1.807, 2.05) is 49.4 Å². The molecule has 1 aliphatic heterocycles. The number of piperidine rings is 1. The summed E-state index contributed by atoms with van der Waals surface area (Å²) in [6, 6.07) is 26.9. The number of para-hydroxylation sites is 1. The summed E-state index contributed by atoms with van der Waals surface area (Å²) >= 11 is 0. The predicted octanol–water partition coefficient (Wildman–Crippen LogP) is 7.89. The summed E-state index contributed by atoms with van der Waals surface area (Å²) < 4.78 is 47.9. The summed E-state index contributed by atoms with van der Waals surface area (Å²) in [6.07, 6.45) is -3.54. The standard InChI is InChI=1S/C33H30F3N3O4/c1-22-7-5-12-29(30(22)23-13-15-27(16-14-23)43-33(34,35)36)31(40)37-25-10-6-11-28(21-25)42-26-17-19-39(20-18-26)32(41)38-24-8-3-2-4-9-24/h2-16,21,26H,17-20H2,1H3,(H,37,40)(H,38,41). The van der Waals surface area contributed by atoms with Gasteiger partial charge in [-0.2, -0.15) is 0 Å². The van der Waals surface area contributed by atoms with Crippen LogP contribution < -0.4 is 20.1 Å². The van der Waals surface area contributed by atoms with E-state index in [0.29, 0.717) is 54.1 Å². The number of nitrogens with one attached hydrogen (secondary N) is 2.